The summed E-state index contributed by atoms with van der Waals surface area (Å²) in [5, 5.41) is 12.3. The van der Waals surface area contributed by atoms with Crippen molar-refractivity contribution in [3.05, 3.63) is 24.0 Å². The van der Waals surface area contributed by atoms with Gasteiger partial charge in [-0.3, -0.25) is 0 Å². The van der Waals surface area contributed by atoms with Crippen LogP contribution in [0.4, 0.5) is 15.8 Å². The summed E-state index contributed by atoms with van der Waals surface area (Å²) in [4.78, 5) is 0. The molecule has 16 heavy (non-hydrogen) atoms. The molecule has 0 fully saturated rings. The Hall–Kier alpha value is -1.33. The standard InChI is InChI=1S/C11H17FN2O2/c1-16-7-9(15)4-5-14-11-6-8(12)2-3-10(11)13/h2-3,6,9,14-15H,4-5,7,13H2,1H3. The Kier molecular flexibility index (Phi) is 5.01. The van der Waals surface area contributed by atoms with E-state index in [1.807, 2.05) is 0 Å². The molecular weight excluding hydrogens is 211 g/mol. The summed E-state index contributed by atoms with van der Waals surface area (Å²) in [7, 11) is 1.53. The summed E-state index contributed by atoms with van der Waals surface area (Å²) in [5.41, 5.74) is 6.68. The first-order valence-electron chi connectivity index (χ1n) is 5.09. The summed E-state index contributed by atoms with van der Waals surface area (Å²) in [6, 6.07) is 4.14. The molecule has 1 aromatic rings. The molecule has 0 aliphatic rings. The van der Waals surface area contributed by atoms with Gasteiger partial charge >= 0.3 is 0 Å². The molecule has 1 unspecified atom stereocenters. The van der Waals surface area contributed by atoms with Crippen molar-refractivity contribution in [1.29, 1.82) is 0 Å². The van der Waals surface area contributed by atoms with Gasteiger partial charge in [0, 0.05) is 13.7 Å². The summed E-state index contributed by atoms with van der Waals surface area (Å²) in [5.74, 6) is -0.339. The van der Waals surface area contributed by atoms with Crippen molar-refractivity contribution in [2.24, 2.45) is 0 Å². The molecule has 1 atom stereocenters. The lowest BCUT2D eigenvalue weighted by Gasteiger charge is -2.12. The van der Waals surface area contributed by atoms with Gasteiger partial charge in [0.05, 0.1) is 24.1 Å². The Morgan fingerprint density at radius 2 is 2.31 bits per heavy atom. The third-order valence-electron chi connectivity index (χ3n) is 2.17. The van der Waals surface area contributed by atoms with Crippen LogP contribution in [0.2, 0.25) is 0 Å². The Morgan fingerprint density at radius 1 is 1.56 bits per heavy atom. The van der Waals surface area contributed by atoms with E-state index in [9.17, 15) is 9.50 Å². The molecule has 0 saturated heterocycles. The highest BCUT2D eigenvalue weighted by Gasteiger charge is 2.04. The van der Waals surface area contributed by atoms with Gasteiger partial charge in [0.2, 0.25) is 0 Å². The second-order valence-electron chi connectivity index (χ2n) is 3.56. The van der Waals surface area contributed by atoms with E-state index in [0.717, 1.165) is 0 Å². The number of nitrogens with two attached hydrogens (primary N) is 1. The van der Waals surface area contributed by atoms with E-state index in [1.54, 1.807) is 0 Å². The van der Waals surface area contributed by atoms with Gasteiger partial charge < -0.3 is 20.9 Å². The summed E-state index contributed by atoms with van der Waals surface area (Å²) in [6.45, 7) is 0.804. The van der Waals surface area contributed by atoms with Gasteiger partial charge in [-0.2, -0.15) is 0 Å². The van der Waals surface area contributed by atoms with E-state index < -0.39 is 6.10 Å². The number of hydrogen-bond donors (Lipinski definition) is 3. The maximum absolute atomic E-state index is 12.9. The second kappa shape index (κ2) is 6.30. The number of ether oxygens (including phenoxy) is 1. The third kappa shape index (κ3) is 4.04. The highest BCUT2D eigenvalue weighted by Crippen LogP contribution is 2.18. The van der Waals surface area contributed by atoms with E-state index in [2.05, 4.69) is 5.32 Å². The zero-order valence-corrected chi connectivity index (χ0v) is 9.24. The maximum Gasteiger partial charge on any atom is 0.125 e. The molecular formula is C11H17FN2O2. The lowest BCUT2D eigenvalue weighted by Crippen LogP contribution is -2.18. The van der Waals surface area contributed by atoms with E-state index in [1.165, 1.54) is 25.3 Å². The minimum absolute atomic E-state index is 0.292. The Labute approximate surface area is 94.2 Å². The van der Waals surface area contributed by atoms with Gasteiger partial charge in [0.25, 0.3) is 0 Å². The van der Waals surface area contributed by atoms with E-state index >= 15 is 0 Å². The Morgan fingerprint density at radius 3 is 3.00 bits per heavy atom. The molecule has 1 aromatic carbocycles. The number of aliphatic hydroxyl groups is 1. The van der Waals surface area contributed by atoms with Crippen molar-refractivity contribution in [3.63, 3.8) is 0 Å². The normalized spacial score (nSPS) is 12.4. The predicted octanol–water partition coefficient (Wildman–Crippen LogP) is 1.22. The van der Waals surface area contributed by atoms with Gasteiger partial charge in [-0.1, -0.05) is 0 Å². The van der Waals surface area contributed by atoms with Gasteiger partial charge in [-0.05, 0) is 24.6 Å². The first-order chi connectivity index (χ1) is 7.63. The largest absolute Gasteiger partial charge is 0.397 e. The Balaban J connectivity index is 2.39. The molecule has 0 aliphatic carbocycles. The molecule has 0 spiro atoms. The van der Waals surface area contributed by atoms with Crippen molar-refractivity contribution in [2.75, 3.05) is 31.3 Å². The number of hydrogen-bond acceptors (Lipinski definition) is 4. The molecule has 4 N–H and O–H groups in total. The zero-order chi connectivity index (χ0) is 12.0. The van der Waals surface area contributed by atoms with Crippen LogP contribution in [-0.2, 0) is 4.74 Å². The summed E-state index contributed by atoms with van der Waals surface area (Å²) >= 11 is 0. The molecule has 0 amide bonds. The van der Waals surface area contributed by atoms with Crippen LogP contribution in [0.1, 0.15) is 6.42 Å². The summed E-state index contributed by atoms with van der Waals surface area (Å²) < 4.78 is 17.7. The van der Waals surface area contributed by atoms with E-state index in [-0.39, 0.29) is 5.82 Å². The average Bonchev–Trinajstić information content (AvgIpc) is 2.23. The average molecular weight is 228 g/mol. The van der Waals surface area contributed by atoms with Crippen molar-refractivity contribution < 1.29 is 14.2 Å². The maximum atomic E-state index is 12.9. The van der Waals surface area contributed by atoms with Crippen molar-refractivity contribution in [1.82, 2.24) is 0 Å². The molecule has 0 aliphatic heterocycles. The molecule has 0 bridgehead atoms. The second-order valence-corrected chi connectivity index (χ2v) is 3.56. The number of halogens is 1. The van der Waals surface area contributed by atoms with Gasteiger partial charge in [0.15, 0.2) is 0 Å². The highest BCUT2D eigenvalue weighted by molar-refractivity contribution is 5.65. The van der Waals surface area contributed by atoms with Crippen LogP contribution in [0.5, 0.6) is 0 Å². The minimum atomic E-state index is -0.521. The molecule has 0 saturated carbocycles. The first-order valence-corrected chi connectivity index (χ1v) is 5.09. The molecule has 5 heteroatoms. The molecule has 0 heterocycles. The monoisotopic (exact) mass is 228 g/mol. The SMILES string of the molecule is COCC(O)CCNc1cc(F)ccc1N. The van der Waals surface area contributed by atoms with Gasteiger partial charge in [-0.15, -0.1) is 0 Å². The molecule has 1 rings (SSSR count). The fourth-order valence-corrected chi connectivity index (χ4v) is 1.33. The topological polar surface area (TPSA) is 67.5 Å². The minimum Gasteiger partial charge on any atom is -0.397 e. The van der Waals surface area contributed by atoms with Crippen LogP contribution in [0.3, 0.4) is 0 Å². The fourth-order valence-electron chi connectivity index (χ4n) is 1.33. The molecule has 4 nitrogen and oxygen atoms in total. The number of benzene rings is 1. The van der Waals surface area contributed by atoms with E-state index in [0.29, 0.717) is 30.9 Å². The van der Waals surface area contributed by atoms with Crippen molar-refractivity contribution in [2.45, 2.75) is 12.5 Å². The number of methoxy groups -OCH3 is 1. The Bertz CT molecular complexity index is 334. The summed E-state index contributed by atoms with van der Waals surface area (Å²) in [6.07, 6.45) is -0.00338. The van der Waals surface area contributed by atoms with Crippen LogP contribution < -0.4 is 11.1 Å². The number of nitrogens with one attached hydrogen (secondary N) is 1. The van der Waals surface area contributed by atoms with E-state index in [4.69, 9.17) is 10.5 Å². The van der Waals surface area contributed by atoms with Crippen LogP contribution in [0, 0.1) is 5.82 Å². The third-order valence-corrected chi connectivity index (χ3v) is 2.17. The number of aliphatic hydroxyl groups excluding tert-OH is 1. The number of rotatable bonds is 6. The predicted molar refractivity (Wildman–Crippen MR) is 61.8 cm³/mol. The highest BCUT2D eigenvalue weighted by atomic mass is 19.1. The lowest BCUT2D eigenvalue weighted by molar-refractivity contribution is 0.0615. The van der Waals surface area contributed by atoms with Gasteiger partial charge in [-0.25, -0.2) is 4.39 Å². The van der Waals surface area contributed by atoms with Crippen molar-refractivity contribution >= 4 is 11.4 Å². The number of anilines is 2. The first kappa shape index (κ1) is 12.7. The van der Waals surface area contributed by atoms with Gasteiger partial charge in [0.1, 0.15) is 5.82 Å². The van der Waals surface area contributed by atoms with Crippen LogP contribution in [0.25, 0.3) is 0 Å². The lowest BCUT2D eigenvalue weighted by atomic mass is 10.2. The van der Waals surface area contributed by atoms with Crippen molar-refractivity contribution in [3.8, 4) is 0 Å². The molecule has 0 radical (unpaired) electrons. The quantitative estimate of drug-likeness (QED) is 0.640. The van der Waals surface area contributed by atoms with Crippen LogP contribution in [0.15, 0.2) is 18.2 Å². The van der Waals surface area contributed by atoms with Crippen LogP contribution >= 0.6 is 0 Å². The number of nitrogen functional groups attached to an aromatic ring is 1. The van der Waals surface area contributed by atoms with Crippen LogP contribution in [-0.4, -0.2) is 31.5 Å². The zero-order valence-electron chi connectivity index (χ0n) is 9.24. The smallest absolute Gasteiger partial charge is 0.125 e. The fraction of sp³-hybridized carbons (Fsp3) is 0.455. The molecule has 0 aromatic heterocycles. The molecule has 90 valence electrons.